The minimum Gasteiger partial charge on any atom is -0.385 e. The third kappa shape index (κ3) is 7.52. The molecular weight excluding hydrogens is 112 g/mol. The van der Waals surface area contributed by atoms with E-state index in [4.69, 9.17) is 4.74 Å². The molecule has 51 valence electrons. The average molecular weight is 125 g/mol. The van der Waals surface area contributed by atoms with Crippen molar-refractivity contribution in [1.82, 2.24) is 0 Å². The van der Waals surface area contributed by atoms with Crippen LogP contribution in [0.25, 0.3) is 0 Å². The van der Waals surface area contributed by atoms with E-state index in [9.17, 15) is 0 Å². The minimum absolute atomic E-state index is 0.715. The highest BCUT2D eigenvalue weighted by atomic mass is 16.5. The lowest BCUT2D eigenvalue weighted by molar-refractivity contribution is 0.196. The summed E-state index contributed by atoms with van der Waals surface area (Å²) >= 11 is 0. The van der Waals surface area contributed by atoms with Crippen LogP contribution in [0.5, 0.6) is 0 Å². The molecule has 0 atom stereocenters. The second kappa shape index (κ2) is 7.52. The Bertz CT molecular complexity index is 96.9. The molecule has 0 amide bonds. The summed E-state index contributed by atoms with van der Waals surface area (Å²) in [7, 11) is 1.70. The van der Waals surface area contributed by atoms with Gasteiger partial charge in [0.25, 0.3) is 0 Å². The number of rotatable bonds is 3. The van der Waals surface area contributed by atoms with Crippen LogP contribution in [-0.4, -0.2) is 13.7 Å². The van der Waals surface area contributed by atoms with Gasteiger partial charge in [-0.1, -0.05) is 0 Å². The summed E-state index contributed by atoms with van der Waals surface area (Å²) in [5, 5.41) is 0. The molecule has 0 rings (SSSR count). The van der Waals surface area contributed by atoms with Gasteiger partial charge in [-0.2, -0.15) is 0 Å². The lowest BCUT2D eigenvalue weighted by atomic mass is 10.3. The predicted molar refractivity (Wildman–Crippen MR) is 38.9 cm³/mol. The Hall–Kier alpha value is -0.480. The molecule has 0 bridgehead atoms. The summed E-state index contributed by atoms with van der Waals surface area (Å²) in [5.41, 5.74) is 0. The van der Waals surface area contributed by atoms with E-state index in [0.29, 0.717) is 6.42 Å². The van der Waals surface area contributed by atoms with E-state index in [1.807, 2.05) is 0 Å². The van der Waals surface area contributed by atoms with Gasteiger partial charge >= 0.3 is 0 Å². The first-order chi connectivity index (χ1) is 4.41. The van der Waals surface area contributed by atoms with Gasteiger partial charge in [0.1, 0.15) is 0 Å². The average Bonchev–Trinajstić information content (AvgIpc) is 1.89. The van der Waals surface area contributed by atoms with E-state index in [1.54, 1.807) is 7.11 Å². The molecule has 0 aromatic carbocycles. The van der Waals surface area contributed by atoms with Crippen molar-refractivity contribution in [2.75, 3.05) is 13.7 Å². The molecule has 0 N–H and O–H groups in total. The fraction of sp³-hybridized carbons (Fsp3) is 0.625. The molecule has 0 spiro atoms. The van der Waals surface area contributed by atoms with Crippen LogP contribution in [0.3, 0.4) is 0 Å². The second-order valence-electron chi connectivity index (χ2n) is 1.70. The summed E-state index contributed by atoms with van der Waals surface area (Å²) in [4.78, 5) is 0. The second-order valence-corrected chi connectivity index (χ2v) is 1.70. The van der Waals surface area contributed by atoms with Gasteiger partial charge < -0.3 is 4.74 Å². The maximum absolute atomic E-state index is 4.84. The topological polar surface area (TPSA) is 9.23 Å². The molecule has 1 nitrogen and oxygen atoms in total. The highest BCUT2D eigenvalue weighted by Gasteiger charge is 1.78. The largest absolute Gasteiger partial charge is 0.385 e. The van der Waals surface area contributed by atoms with Gasteiger partial charge in [0, 0.05) is 26.6 Å². The molecule has 0 aliphatic carbocycles. The van der Waals surface area contributed by atoms with Crippen LogP contribution in [-0.2, 0) is 4.74 Å². The Balaban J connectivity index is 2.90. The molecule has 1 radical (unpaired) electrons. The molecule has 1 heteroatoms. The molecule has 9 heavy (non-hydrogen) atoms. The quantitative estimate of drug-likeness (QED) is 0.411. The van der Waals surface area contributed by atoms with Crippen LogP contribution in [0.15, 0.2) is 0 Å². The molecule has 0 aliphatic rings. The zero-order valence-electron chi connectivity index (χ0n) is 5.94. The van der Waals surface area contributed by atoms with Crippen LogP contribution in [0.2, 0.25) is 0 Å². The van der Waals surface area contributed by atoms with Gasteiger partial charge in [-0.25, -0.2) is 0 Å². The van der Waals surface area contributed by atoms with E-state index >= 15 is 0 Å². The Labute approximate surface area is 57.4 Å². The van der Waals surface area contributed by atoms with E-state index in [1.165, 1.54) is 0 Å². The molecule has 0 aromatic rings. The zero-order valence-corrected chi connectivity index (χ0v) is 5.94. The smallest absolute Gasteiger partial charge is 0.0471 e. The zero-order chi connectivity index (χ0) is 6.95. The summed E-state index contributed by atoms with van der Waals surface area (Å²) in [6.45, 7) is 4.41. The van der Waals surface area contributed by atoms with E-state index < -0.39 is 0 Å². The van der Waals surface area contributed by atoms with Crippen molar-refractivity contribution in [2.24, 2.45) is 0 Å². The number of ether oxygens (including phenoxy) is 1. The van der Waals surface area contributed by atoms with Crippen molar-refractivity contribution < 1.29 is 4.74 Å². The van der Waals surface area contributed by atoms with E-state index in [-0.39, 0.29) is 0 Å². The van der Waals surface area contributed by atoms with Crippen molar-refractivity contribution >= 4 is 0 Å². The predicted octanol–water partition coefficient (Wildman–Crippen LogP) is 1.64. The van der Waals surface area contributed by atoms with Crippen molar-refractivity contribution in [3.63, 3.8) is 0 Å². The summed E-state index contributed by atoms with van der Waals surface area (Å²) in [6, 6.07) is 0. The number of hydrogen-bond acceptors (Lipinski definition) is 1. The Morgan fingerprint density at radius 2 is 2.22 bits per heavy atom. The van der Waals surface area contributed by atoms with E-state index in [0.717, 1.165) is 19.4 Å². The monoisotopic (exact) mass is 125 g/mol. The molecular formula is C8H13O. The molecule has 0 fully saturated rings. The number of hydrogen-bond donors (Lipinski definition) is 0. The molecule has 0 aromatic heterocycles. The summed E-state index contributed by atoms with van der Waals surface area (Å²) in [6.07, 6.45) is 2.68. The van der Waals surface area contributed by atoms with Crippen molar-refractivity contribution in [3.8, 4) is 11.8 Å². The third-order valence-corrected chi connectivity index (χ3v) is 0.900. The van der Waals surface area contributed by atoms with Gasteiger partial charge in [-0.05, 0) is 13.3 Å². The lowest BCUT2D eigenvalue weighted by Gasteiger charge is -1.90. The number of methoxy groups -OCH3 is 1. The molecule has 0 saturated carbocycles. The first-order valence-corrected chi connectivity index (χ1v) is 3.15. The Kier molecular flexibility index (Phi) is 7.12. The first kappa shape index (κ1) is 8.52. The maximum Gasteiger partial charge on any atom is 0.0471 e. The summed E-state index contributed by atoms with van der Waals surface area (Å²) in [5.74, 6) is 5.87. The maximum atomic E-state index is 4.84. The van der Waals surface area contributed by atoms with Gasteiger partial charge in [0.15, 0.2) is 0 Å². The van der Waals surface area contributed by atoms with Crippen molar-refractivity contribution in [2.45, 2.75) is 19.3 Å². The Morgan fingerprint density at radius 3 is 2.78 bits per heavy atom. The van der Waals surface area contributed by atoms with Crippen molar-refractivity contribution in [1.29, 1.82) is 0 Å². The fourth-order valence-corrected chi connectivity index (χ4v) is 0.482. The molecule has 0 saturated heterocycles. The standard InChI is InChI=1S/C8H13O/c1-3-4-5-6-7-8-9-2/h1,3,6-8H2,2H3. The Morgan fingerprint density at radius 1 is 1.44 bits per heavy atom. The fourth-order valence-electron chi connectivity index (χ4n) is 0.482. The van der Waals surface area contributed by atoms with Crippen molar-refractivity contribution in [3.05, 3.63) is 6.92 Å². The van der Waals surface area contributed by atoms with E-state index in [2.05, 4.69) is 18.8 Å². The van der Waals surface area contributed by atoms with Gasteiger partial charge in [0.05, 0.1) is 0 Å². The van der Waals surface area contributed by atoms with Crippen LogP contribution in [0, 0.1) is 18.8 Å². The summed E-state index contributed by atoms with van der Waals surface area (Å²) < 4.78 is 4.84. The molecule has 0 heterocycles. The molecule has 0 unspecified atom stereocenters. The van der Waals surface area contributed by atoms with Gasteiger partial charge in [-0.15, -0.1) is 11.8 Å². The lowest BCUT2D eigenvalue weighted by Crippen LogP contribution is -1.85. The van der Waals surface area contributed by atoms with Crippen LogP contribution in [0.1, 0.15) is 19.3 Å². The normalized spacial score (nSPS) is 8.22. The van der Waals surface area contributed by atoms with Gasteiger partial charge in [0.2, 0.25) is 0 Å². The third-order valence-electron chi connectivity index (χ3n) is 0.900. The molecule has 0 aliphatic heterocycles. The van der Waals surface area contributed by atoms with Crippen LogP contribution < -0.4 is 0 Å². The van der Waals surface area contributed by atoms with Crippen LogP contribution in [0.4, 0.5) is 0 Å². The van der Waals surface area contributed by atoms with Gasteiger partial charge in [-0.3, -0.25) is 0 Å². The first-order valence-electron chi connectivity index (χ1n) is 3.15. The highest BCUT2D eigenvalue weighted by molar-refractivity contribution is 4.98. The number of unbranched alkanes of at least 4 members (excludes halogenated alkanes) is 1. The van der Waals surface area contributed by atoms with Crippen LogP contribution >= 0.6 is 0 Å². The highest BCUT2D eigenvalue weighted by Crippen LogP contribution is 1.85. The SMILES string of the molecule is [CH2]CC#CCCCOC. The minimum atomic E-state index is 0.715.